The van der Waals surface area contributed by atoms with Gasteiger partial charge in [0.2, 0.25) is 0 Å². The van der Waals surface area contributed by atoms with Crippen LogP contribution in [-0.2, 0) is 20.0 Å². The van der Waals surface area contributed by atoms with Crippen molar-refractivity contribution in [2.75, 3.05) is 0 Å². The first-order valence-corrected chi connectivity index (χ1v) is 5.87. The number of hydrogen-bond donors (Lipinski definition) is 0. The quantitative estimate of drug-likeness (QED) is 0.638. The molecule has 0 amide bonds. The topological polar surface area (TPSA) is 0 Å². The average molecular weight is 218 g/mol. The first-order chi connectivity index (χ1) is 6.79. The molecule has 14 heavy (non-hydrogen) atoms. The molecule has 0 saturated heterocycles. The SMILES string of the molecule is CC([C](=[Ti])C1=CC=CC1)C1=CC=CC1. The van der Waals surface area contributed by atoms with Gasteiger partial charge in [-0.1, -0.05) is 0 Å². The van der Waals surface area contributed by atoms with Crippen LogP contribution in [0.5, 0.6) is 0 Å². The van der Waals surface area contributed by atoms with Crippen molar-refractivity contribution in [3.63, 3.8) is 0 Å². The molecular formula is C13H14Ti. The van der Waals surface area contributed by atoms with Gasteiger partial charge in [0.25, 0.3) is 0 Å². The van der Waals surface area contributed by atoms with Gasteiger partial charge in [0.15, 0.2) is 0 Å². The summed E-state index contributed by atoms with van der Waals surface area (Å²) in [6, 6.07) is 0. The van der Waals surface area contributed by atoms with Crippen LogP contribution in [0.15, 0.2) is 47.6 Å². The van der Waals surface area contributed by atoms with Crippen molar-refractivity contribution >= 4 is 3.81 Å². The molecule has 0 fully saturated rings. The zero-order chi connectivity index (χ0) is 9.97. The Morgan fingerprint density at radius 1 is 1.21 bits per heavy atom. The Bertz CT molecular complexity index is 367. The van der Waals surface area contributed by atoms with Crippen molar-refractivity contribution in [1.82, 2.24) is 0 Å². The molecular weight excluding hydrogens is 204 g/mol. The van der Waals surface area contributed by atoms with Crippen molar-refractivity contribution in [3.05, 3.63) is 47.6 Å². The second-order valence-corrected chi connectivity index (χ2v) is 4.67. The Balaban J connectivity index is 2.05. The van der Waals surface area contributed by atoms with Gasteiger partial charge >= 0.3 is 97.1 Å². The summed E-state index contributed by atoms with van der Waals surface area (Å²) in [5.74, 6) is 0.608. The van der Waals surface area contributed by atoms with Crippen molar-refractivity contribution in [3.8, 4) is 0 Å². The zero-order valence-corrected chi connectivity index (χ0v) is 10.0. The fraction of sp³-hybridized carbons (Fsp3) is 0.308. The molecule has 2 aliphatic carbocycles. The fourth-order valence-electron chi connectivity index (χ4n) is 1.90. The molecule has 0 aliphatic heterocycles. The second kappa shape index (κ2) is 4.38. The summed E-state index contributed by atoms with van der Waals surface area (Å²) in [5.41, 5.74) is 3.06. The van der Waals surface area contributed by atoms with Gasteiger partial charge in [0.1, 0.15) is 0 Å². The summed E-state index contributed by atoms with van der Waals surface area (Å²) >= 11 is 2.27. The van der Waals surface area contributed by atoms with Gasteiger partial charge in [-0.05, 0) is 0 Å². The molecule has 0 N–H and O–H groups in total. The van der Waals surface area contributed by atoms with Gasteiger partial charge in [-0.3, -0.25) is 0 Å². The summed E-state index contributed by atoms with van der Waals surface area (Å²) in [5, 5.41) is 0. The Hall–Kier alpha value is -0.456. The van der Waals surface area contributed by atoms with Crippen LogP contribution in [0.25, 0.3) is 0 Å². The van der Waals surface area contributed by atoms with E-state index in [1.54, 1.807) is 5.57 Å². The van der Waals surface area contributed by atoms with Crippen molar-refractivity contribution in [2.24, 2.45) is 5.92 Å². The van der Waals surface area contributed by atoms with Crippen LogP contribution >= 0.6 is 0 Å². The van der Waals surface area contributed by atoms with Crippen LogP contribution in [0.4, 0.5) is 0 Å². The third kappa shape index (κ3) is 1.97. The van der Waals surface area contributed by atoms with E-state index in [9.17, 15) is 0 Å². The molecule has 0 heterocycles. The van der Waals surface area contributed by atoms with Crippen LogP contribution in [0.1, 0.15) is 19.8 Å². The fourth-order valence-corrected chi connectivity index (χ4v) is 2.47. The molecule has 1 unspecified atom stereocenters. The van der Waals surface area contributed by atoms with E-state index in [1.807, 2.05) is 0 Å². The van der Waals surface area contributed by atoms with E-state index in [-0.39, 0.29) is 0 Å². The molecule has 0 radical (unpaired) electrons. The van der Waals surface area contributed by atoms with Gasteiger partial charge in [0, 0.05) is 0 Å². The molecule has 0 nitrogen and oxygen atoms in total. The Morgan fingerprint density at radius 2 is 1.93 bits per heavy atom. The van der Waals surface area contributed by atoms with E-state index >= 15 is 0 Å². The number of allylic oxidation sites excluding steroid dienone is 8. The predicted molar refractivity (Wildman–Crippen MR) is 57.9 cm³/mol. The van der Waals surface area contributed by atoms with Crippen LogP contribution < -0.4 is 0 Å². The Morgan fingerprint density at radius 3 is 2.50 bits per heavy atom. The van der Waals surface area contributed by atoms with Gasteiger partial charge < -0.3 is 0 Å². The van der Waals surface area contributed by atoms with Crippen molar-refractivity contribution in [1.29, 1.82) is 0 Å². The van der Waals surface area contributed by atoms with E-state index in [0.29, 0.717) is 5.92 Å². The van der Waals surface area contributed by atoms with Crippen LogP contribution in [0.3, 0.4) is 0 Å². The molecule has 70 valence electrons. The number of rotatable bonds is 3. The van der Waals surface area contributed by atoms with E-state index in [4.69, 9.17) is 0 Å². The van der Waals surface area contributed by atoms with E-state index in [0.717, 1.165) is 12.8 Å². The minimum atomic E-state index is 0.608. The van der Waals surface area contributed by atoms with E-state index < -0.39 is 0 Å². The summed E-state index contributed by atoms with van der Waals surface area (Å²) in [6.07, 6.45) is 15.6. The first kappa shape index (κ1) is 10.1. The molecule has 2 aliphatic rings. The minimum absolute atomic E-state index is 0.608. The average Bonchev–Trinajstić information content (AvgIpc) is 2.87. The van der Waals surface area contributed by atoms with E-state index in [2.05, 4.69) is 63.4 Å². The normalized spacial score (nSPS) is 20.9. The zero-order valence-electron chi connectivity index (χ0n) is 8.46. The van der Waals surface area contributed by atoms with Gasteiger partial charge in [-0.15, -0.1) is 0 Å². The Kier molecular flexibility index (Phi) is 3.15. The molecule has 0 aromatic heterocycles. The molecule has 0 aromatic rings. The Labute approximate surface area is 97.0 Å². The summed E-state index contributed by atoms with van der Waals surface area (Å²) in [7, 11) is 0. The summed E-state index contributed by atoms with van der Waals surface area (Å²) in [6.45, 7) is 2.31. The third-order valence-electron chi connectivity index (χ3n) is 2.91. The molecule has 0 bridgehead atoms. The van der Waals surface area contributed by atoms with Gasteiger partial charge in [-0.2, -0.15) is 0 Å². The van der Waals surface area contributed by atoms with Crippen LogP contribution in [0, 0.1) is 5.92 Å². The molecule has 0 spiro atoms. The van der Waals surface area contributed by atoms with Gasteiger partial charge in [0.05, 0.1) is 0 Å². The number of hydrogen-bond acceptors (Lipinski definition) is 0. The van der Waals surface area contributed by atoms with Crippen molar-refractivity contribution < 1.29 is 20.0 Å². The molecule has 0 saturated carbocycles. The van der Waals surface area contributed by atoms with Gasteiger partial charge in [-0.25, -0.2) is 0 Å². The second-order valence-electron chi connectivity index (χ2n) is 3.83. The predicted octanol–water partition coefficient (Wildman–Crippen LogP) is 3.11. The molecule has 0 aromatic carbocycles. The maximum absolute atomic E-state index is 2.31. The summed E-state index contributed by atoms with van der Waals surface area (Å²) in [4.78, 5) is 0. The maximum atomic E-state index is 2.31. The monoisotopic (exact) mass is 218 g/mol. The van der Waals surface area contributed by atoms with Crippen LogP contribution in [0.2, 0.25) is 0 Å². The van der Waals surface area contributed by atoms with Crippen LogP contribution in [-0.4, -0.2) is 3.81 Å². The molecule has 1 atom stereocenters. The first-order valence-electron chi connectivity index (χ1n) is 5.09. The third-order valence-corrected chi connectivity index (χ3v) is 4.08. The van der Waals surface area contributed by atoms with Crippen molar-refractivity contribution in [2.45, 2.75) is 19.8 Å². The molecule has 2 rings (SSSR count). The summed E-state index contributed by atoms with van der Waals surface area (Å²) < 4.78 is 1.53. The molecule has 1 heteroatoms. The standard InChI is InChI=1S/C13H14.Ti/c1-11(13-8-4-5-9-13)10-12-6-2-3-7-12;/h2-6,8,11H,7,9H2,1H3;. The van der Waals surface area contributed by atoms with E-state index in [1.165, 1.54) is 9.38 Å².